The highest BCUT2D eigenvalue weighted by atomic mass is 32.1. The molecule has 28 heavy (non-hydrogen) atoms. The summed E-state index contributed by atoms with van der Waals surface area (Å²) in [6.45, 7) is 1.89. The first-order chi connectivity index (χ1) is 13.5. The molecule has 0 saturated heterocycles. The van der Waals surface area contributed by atoms with Crippen molar-refractivity contribution in [1.29, 1.82) is 0 Å². The number of carboxylic acid groups (broad SMARTS) is 1. The summed E-state index contributed by atoms with van der Waals surface area (Å²) in [6.07, 6.45) is 6.31. The topological polar surface area (TPSA) is 121 Å². The van der Waals surface area contributed by atoms with Crippen LogP contribution in [0, 0.1) is 0 Å². The van der Waals surface area contributed by atoms with Crippen molar-refractivity contribution in [3.05, 3.63) is 65.1 Å². The molecule has 0 spiro atoms. The molecule has 140 valence electrons. The largest absolute Gasteiger partial charge is 0.478 e. The van der Waals surface area contributed by atoms with Crippen molar-refractivity contribution in [1.82, 2.24) is 25.3 Å². The molecule has 3 N–H and O–H groups in total. The second-order valence-electron chi connectivity index (χ2n) is 6.11. The molecule has 0 aliphatic heterocycles. The van der Waals surface area contributed by atoms with E-state index < -0.39 is 5.97 Å². The number of amides is 1. The van der Waals surface area contributed by atoms with Crippen LogP contribution >= 0.6 is 11.3 Å². The summed E-state index contributed by atoms with van der Waals surface area (Å²) < 4.78 is 0. The number of pyridine rings is 1. The lowest BCUT2D eigenvalue weighted by Gasteiger charge is -2.12. The zero-order valence-electron chi connectivity index (χ0n) is 14.7. The normalized spacial score (nSPS) is 12.0. The first-order valence-corrected chi connectivity index (χ1v) is 9.23. The van der Waals surface area contributed by atoms with Crippen LogP contribution in [0.1, 0.15) is 38.6 Å². The predicted octanol–water partition coefficient (Wildman–Crippen LogP) is 3.27. The predicted molar refractivity (Wildman–Crippen MR) is 104 cm³/mol. The number of carbonyl (C=O) groups is 2. The van der Waals surface area contributed by atoms with Gasteiger partial charge in [-0.3, -0.25) is 9.78 Å². The number of rotatable bonds is 5. The van der Waals surface area contributed by atoms with E-state index in [1.165, 1.54) is 17.5 Å². The van der Waals surface area contributed by atoms with Gasteiger partial charge < -0.3 is 15.4 Å². The van der Waals surface area contributed by atoms with Crippen molar-refractivity contribution in [2.45, 2.75) is 13.0 Å². The number of aromatic amines is 1. The molecule has 0 bridgehead atoms. The van der Waals surface area contributed by atoms with Gasteiger partial charge in [0.1, 0.15) is 11.1 Å². The maximum Gasteiger partial charge on any atom is 0.339 e. The van der Waals surface area contributed by atoms with Crippen LogP contribution < -0.4 is 5.32 Å². The Morgan fingerprint density at radius 3 is 2.86 bits per heavy atom. The smallest absolute Gasteiger partial charge is 0.339 e. The molecular weight excluding hydrogens is 378 g/mol. The fourth-order valence-corrected chi connectivity index (χ4v) is 3.62. The van der Waals surface area contributed by atoms with Crippen LogP contribution in [0.15, 0.2) is 49.1 Å². The number of carbonyl (C=O) groups excluding carboxylic acids is 1. The minimum atomic E-state index is -1.08. The van der Waals surface area contributed by atoms with E-state index in [0.29, 0.717) is 16.2 Å². The van der Waals surface area contributed by atoms with Gasteiger partial charge in [-0.25, -0.2) is 14.8 Å². The average Bonchev–Trinajstić information content (AvgIpc) is 3.35. The number of nitrogens with zero attached hydrogens (tertiary/aromatic N) is 3. The highest BCUT2D eigenvalue weighted by Crippen LogP contribution is 2.28. The van der Waals surface area contributed by atoms with E-state index in [2.05, 4.69) is 25.3 Å². The summed E-state index contributed by atoms with van der Waals surface area (Å²) in [5.74, 6) is -1.28. The third-order valence-electron chi connectivity index (χ3n) is 4.23. The fraction of sp³-hybridized carbons (Fsp3) is 0.105. The van der Waals surface area contributed by atoms with Crippen molar-refractivity contribution >= 4 is 34.4 Å². The van der Waals surface area contributed by atoms with Crippen molar-refractivity contribution in [2.24, 2.45) is 0 Å². The lowest BCUT2D eigenvalue weighted by atomic mass is 10.1. The van der Waals surface area contributed by atoms with Crippen LogP contribution in [0.3, 0.4) is 0 Å². The molecule has 4 heterocycles. The molecule has 0 aromatic carbocycles. The second kappa shape index (κ2) is 7.20. The molecule has 0 fully saturated rings. The number of hydrogen-bond donors (Lipinski definition) is 3. The van der Waals surface area contributed by atoms with E-state index >= 15 is 0 Å². The minimum Gasteiger partial charge on any atom is -0.478 e. The van der Waals surface area contributed by atoms with Crippen LogP contribution in [-0.2, 0) is 0 Å². The summed E-state index contributed by atoms with van der Waals surface area (Å²) in [4.78, 5) is 40.6. The number of aromatic carboxylic acids is 1. The minimum absolute atomic E-state index is 0.0594. The van der Waals surface area contributed by atoms with E-state index in [-0.39, 0.29) is 23.0 Å². The lowest BCUT2D eigenvalue weighted by Crippen LogP contribution is -2.25. The van der Waals surface area contributed by atoms with Gasteiger partial charge in [-0.15, -0.1) is 11.3 Å². The third-order valence-corrected chi connectivity index (χ3v) is 5.33. The zero-order valence-corrected chi connectivity index (χ0v) is 15.5. The van der Waals surface area contributed by atoms with Crippen molar-refractivity contribution in [3.8, 4) is 10.6 Å². The molecule has 1 amide bonds. The molecule has 0 radical (unpaired) electrons. The Labute approximate surface area is 163 Å². The van der Waals surface area contributed by atoms with E-state index in [1.54, 1.807) is 30.7 Å². The molecule has 4 aromatic rings. The summed E-state index contributed by atoms with van der Waals surface area (Å²) in [5, 5.41) is 12.2. The molecule has 1 unspecified atom stereocenters. The highest BCUT2D eigenvalue weighted by Gasteiger charge is 2.17. The van der Waals surface area contributed by atoms with Crippen LogP contribution in [0.5, 0.6) is 0 Å². The van der Waals surface area contributed by atoms with Crippen LogP contribution in [-0.4, -0.2) is 36.9 Å². The number of carboxylic acids is 1. The van der Waals surface area contributed by atoms with Crippen LogP contribution in [0.2, 0.25) is 0 Å². The van der Waals surface area contributed by atoms with Gasteiger partial charge in [0.05, 0.1) is 27.7 Å². The van der Waals surface area contributed by atoms with E-state index in [1.807, 2.05) is 19.1 Å². The van der Waals surface area contributed by atoms with E-state index in [9.17, 15) is 14.7 Å². The standard InChI is InChI=1S/C19H15N5O3S/c1-10(11-3-2-6-20-7-11)23-18(25)15-5-4-14(28-15)13-9-22-17-16(24-13)12(8-21-17)19(26)27/h2-10H,1H3,(H,21,22)(H,23,25)(H,26,27). The lowest BCUT2D eigenvalue weighted by molar-refractivity contribution is 0.0698. The molecule has 9 heteroatoms. The molecular formula is C19H15N5O3S. The molecule has 0 aliphatic rings. The Balaban J connectivity index is 1.57. The number of thiophene rings is 1. The van der Waals surface area contributed by atoms with Gasteiger partial charge >= 0.3 is 5.97 Å². The van der Waals surface area contributed by atoms with Gasteiger partial charge in [0.25, 0.3) is 5.91 Å². The number of nitrogens with one attached hydrogen (secondary N) is 2. The Bertz CT molecular complexity index is 1170. The summed E-state index contributed by atoms with van der Waals surface area (Å²) in [6, 6.07) is 7.03. The van der Waals surface area contributed by atoms with Crippen LogP contribution in [0.25, 0.3) is 21.7 Å². The van der Waals surface area contributed by atoms with E-state index in [0.717, 1.165) is 10.4 Å². The Hall–Kier alpha value is -3.59. The number of hydrogen-bond acceptors (Lipinski definition) is 6. The molecule has 8 nitrogen and oxygen atoms in total. The molecule has 4 rings (SSSR count). The monoisotopic (exact) mass is 393 g/mol. The quantitative estimate of drug-likeness (QED) is 0.478. The Morgan fingerprint density at radius 2 is 2.11 bits per heavy atom. The molecule has 1 atom stereocenters. The Kier molecular flexibility index (Phi) is 4.58. The van der Waals surface area contributed by atoms with Gasteiger partial charge in [-0.05, 0) is 30.7 Å². The van der Waals surface area contributed by atoms with Gasteiger partial charge in [0.2, 0.25) is 0 Å². The van der Waals surface area contributed by atoms with Crippen LogP contribution in [0.4, 0.5) is 0 Å². The van der Waals surface area contributed by atoms with Crippen molar-refractivity contribution in [3.63, 3.8) is 0 Å². The fourth-order valence-electron chi connectivity index (χ4n) is 2.75. The first-order valence-electron chi connectivity index (χ1n) is 8.41. The van der Waals surface area contributed by atoms with E-state index in [4.69, 9.17) is 0 Å². The molecule has 4 aromatic heterocycles. The van der Waals surface area contributed by atoms with Crippen molar-refractivity contribution in [2.75, 3.05) is 0 Å². The maximum atomic E-state index is 12.5. The van der Waals surface area contributed by atoms with Gasteiger partial charge in [-0.1, -0.05) is 6.07 Å². The first kappa shape index (κ1) is 17.8. The third kappa shape index (κ3) is 3.35. The molecule has 0 saturated carbocycles. The second-order valence-corrected chi connectivity index (χ2v) is 7.19. The van der Waals surface area contributed by atoms with Gasteiger partial charge in [0.15, 0.2) is 5.65 Å². The van der Waals surface area contributed by atoms with Crippen molar-refractivity contribution < 1.29 is 14.7 Å². The maximum absolute atomic E-state index is 12.5. The highest BCUT2D eigenvalue weighted by molar-refractivity contribution is 7.17. The summed E-state index contributed by atoms with van der Waals surface area (Å²) in [5.41, 5.74) is 2.18. The number of H-pyrrole nitrogens is 1. The Morgan fingerprint density at radius 1 is 1.25 bits per heavy atom. The SMILES string of the molecule is CC(NC(=O)c1ccc(-c2cnc3[nH]cc(C(=O)O)c3n2)s1)c1cccnc1. The zero-order chi connectivity index (χ0) is 19.7. The average molecular weight is 393 g/mol. The summed E-state index contributed by atoms with van der Waals surface area (Å²) in [7, 11) is 0. The van der Waals surface area contributed by atoms with Gasteiger partial charge in [-0.2, -0.15) is 0 Å². The summed E-state index contributed by atoms with van der Waals surface area (Å²) >= 11 is 1.27. The van der Waals surface area contributed by atoms with Gasteiger partial charge in [0, 0.05) is 18.6 Å². The molecule has 0 aliphatic carbocycles. The number of fused-ring (bicyclic) bond motifs is 1. The number of aromatic nitrogens is 4.